The van der Waals surface area contributed by atoms with Gasteiger partial charge in [-0.15, -0.1) is 0 Å². The molecule has 0 radical (unpaired) electrons. The van der Waals surface area contributed by atoms with E-state index in [1.807, 2.05) is 78.2 Å². The van der Waals surface area contributed by atoms with Crippen LogP contribution in [-0.4, -0.2) is 31.1 Å². The average Bonchev–Trinajstić information content (AvgIpc) is 2.88. The topological polar surface area (TPSA) is 59.1 Å². The van der Waals surface area contributed by atoms with Gasteiger partial charge in [0, 0.05) is 29.4 Å². The van der Waals surface area contributed by atoms with Gasteiger partial charge in [0.25, 0.3) is 5.91 Å². The molecule has 2 aliphatic heterocycles. The zero-order chi connectivity index (χ0) is 23.7. The van der Waals surface area contributed by atoms with Crippen molar-refractivity contribution in [3.8, 4) is 11.5 Å². The summed E-state index contributed by atoms with van der Waals surface area (Å²) in [5.74, 6) is 1.22. The van der Waals surface area contributed by atoms with E-state index < -0.39 is 0 Å². The Morgan fingerprint density at radius 2 is 1.65 bits per heavy atom. The number of para-hydroxylation sites is 2. The normalized spacial score (nSPS) is 18.7. The Kier molecular flexibility index (Phi) is 5.97. The van der Waals surface area contributed by atoms with E-state index in [-0.39, 0.29) is 23.9 Å². The van der Waals surface area contributed by atoms with E-state index in [1.165, 1.54) is 0 Å². The van der Waals surface area contributed by atoms with Crippen LogP contribution in [0, 0.1) is 0 Å². The minimum atomic E-state index is -0.162. The average molecular weight is 457 g/mol. The van der Waals surface area contributed by atoms with E-state index in [0.29, 0.717) is 43.1 Å². The fraction of sp³-hybridized carbons (Fsp3) is 0.286. The SMILES string of the molecule is CCC(=O)N(c1ccccc1)[C@@H]1C[C@H](C)N(C(=O)c2ccc3c(c2)OCCO3)c2ccccc21. The van der Waals surface area contributed by atoms with Crippen LogP contribution in [0.1, 0.15) is 48.7 Å². The number of ether oxygens (including phenoxy) is 2. The molecule has 0 aromatic heterocycles. The maximum Gasteiger partial charge on any atom is 0.258 e. The maximum atomic E-state index is 13.7. The van der Waals surface area contributed by atoms with Gasteiger partial charge in [0.2, 0.25) is 5.91 Å². The van der Waals surface area contributed by atoms with Gasteiger partial charge >= 0.3 is 0 Å². The molecule has 3 aromatic carbocycles. The van der Waals surface area contributed by atoms with Gasteiger partial charge in [-0.05, 0) is 55.3 Å². The molecule has 34 heavy (non-hydrogen) atoms. The van der Waals surface area contributed by atoms with E-state index in [9.17, 15) is 9.59 Å². The molecule has 5 rings (SSSR count). The van der Waals surface area contributed by atoms with Crippen LogP contribution >= 0.6 is 0 Å². The monoisotopic (exact) mass is 456 g/mol. The molecule has 0 bridgehead atoms. The molecule has 2 atom stereocenters. The molecule has 0 fully saturated rings. The molecule has 0 unspecified atom stereocenters. The van der Waals surface area contributed by atoms with Crippen LogP contribution in [0.2, 0.25) is 0 Å². The lowest BCUT2D eigenvalue weighted by Crippen LogP contribution is -2.47. The van der Waals surface area contributed by atoms with Gasteiger partial charge in [-0.25, -0.2) is 0 Å². The molecular formula is C28H28N2O4. The summed E-state index contributed by atoms with van der Waals surface area (Å²) in [5.41, 5.74) is 3.22. The van der Waals surface area contributed by atoms with Crippen LogP contribution in [0.25, 0.3) is 0 Å². The number of amides is 2. The summed E-state index contributed by atoms with van der Waals surface area (Å²) in [7, 11) is 0. The minimum absolute atomic E-state index is 0.0600. The summed E-state index contributed by atoms with van der Waals surface area (Å²) in [6.07, 6.45) is 1.04. The molecule has 0 spiro atoms. The van der Waals surface area contributed by atoms with Gasteiger partial charge in [-0.2, -0.15) is 0 Å². The van der Waals surface area contributed by atoms with Gasteiger partial charge in [0.15, 0.2) is 11.5 Å². The second-order valence-electron chi connectivity index (χ2n) is 8.65. The van der Waals surface area contributed by atoms with Gasteiger partial charge < -0.3 is 19.3 Å². The Morgan fingerprint density at radius 3 is 2.41 bits per heavy atom. The molecule has 0 saturated carbocycles. The Morgan fingerprint density at radius 1 is 0.941 bits per heavy atom. The number of benzene rings is 3. The first kappa shape index (κ1) is 22.0. The van der Waals surface area contributed by atoms with Crippen LogP contribution in [0.4, 0.5) is 11.4 Å². The Bertz CT molecular complexity index is 1210. The predicted octanol–water partition coefficient (Wildman–Crippen LogP) is 5.38. The Balaban J connectivity index is 1.54. The Labute approximate surface area is 199 Å². The van der Waals surface area contributed by atoms with Gasteiger partial charge in [-0.3, -0.25) is 9.59 Å². The smallest absolute Gasteiger partial charge is 0.258 e. The summed E-state index contributed by atoms with van der Waals surface area (Å²) < 4.78 is 11.3. The number of nitrogens with zero attached hydrogens (tertiary/aromatic N) is 2. The van der Waals surface area contributed by atoms with Crippen LogP contribution in [-0.2, 0) is 4.79 Å². The van der Waals surface area contributed by atoms with E-state index in [2.05, 4.69) is 0 Å². The van der Waals surface area contributed by atoms with Crippen molar-refractivity contribution in [2.75, 3.05) is 23.0 Å². The lowest BCUT2D eigenvalue weighted by atomic mass is 9.89. The maximum absolute atomic E-state index is 13.7. The summed E-state index contributed by atoms with van der Waals surface area (Å²) >= 11 is 0. The van der Waals surface area contributed by atoms with Crippen LogP contribution < -0.4 is 19.3 Å². The highest BCUT2D eigenvalue weighted by Crippen LogP contribution is 2.43. The predicted molar refractivity (Wildman–Crippen MR) is 132 cm³/mol. The lowest BCUT2D eigenvalue weighted by molar-refractivity contribution is -0.118. The van der Waals surface area contributed by atoms with Crippen molar-refractivity contribution in [3.05, 3.63) is 83.9 Å². The highest BCUT2D eigenvalue weighted by molar-refractivity contribution is 6.08. The quantitative estimate of drug-likeness (QED) is 0.529. The van der Waals surface area contributed by atoms with Crippen molar-refractivity contribution in [3.63, 3.8) is 0 Å². The molecule has 0 N–H and O–H groups in total. The minimum Gasteiger partial charge on any atom is -0.486 e. The second-order valence-corrected chi connectivity index (χ2v) is 8.65. The fourth-order valence-electron chi connectivity index (χ4n) is 4.91. The summed E-state index contributed by atoms with van der Waals surface area (Å²) in [4.78, 5) is 30.6. The van der Waals surface area contributed by atoms with Crippen LogP contribution in [0.15, 0.2) is 72.8 Å². The van der Waals surface area contributed by atoms with Crippen LogP contribution in [0.5, 0.6) is 11.5 Å². The highest BCUT2D eigenvalue weighted by atomic mass is 16.6. The first-order valence-electron chi connectivity index (χ1n) is 11.8. The summed E-state index contributed by atoms with van der Waals surface area (Å²) in [6.45, 7) is 4.90. The van der Waals surface area contributed by atoms with E-state index in [4.69, 9.17) is 9.47 Å². The third-order valence-electron chi connectivity index (χ3n) is 6.49. The first-order chi connectivity index (χ1) is 16.6. The van der Waals surface area contributed by atoms with Crippen molar-refractivity contribution in [2.45, 2.75) is 38.8 Å². The Hall–Kier alpha value is -3.80. The molecule has 0 saturated heterocycles. The zero-order valence-electron chi connectivity index (χ0n) is 19.4. The van der Waals surface area contributed by atoms with Crippen molar-refractivity contribution < 1.29 is 19.1 Å². The third kappa shape index (κ3) is 3.89. The standard InChI is InChI=1S/C28H28N2O4/c1-3-27(31)30(21-9-5-4-6-10-21)24-17-19(2)29(23-12-8-7-11-22(23)24)28(32)20-13-14-25-26(18-20)34-16-15-33-25/h4-14,18-19,24H,3,15-17H2,1-2H3/t19-,24+/m0/s1. The molecule has 6 heteroatoms. The number of hydrogen-bond acceptors (Lipinski definition) is 4. The number of carbonyl (C=O) groups excluding carboxylic acids is 2. The molecule has 0 aliphatic carbocycles. The van der Waals surface area contributed by atoms with Crippen molar-refractivity contribution in [1.82, 2.24) is 0 Å². The zero-order valence-corrected chi connectivity index (χ0v) is 19.4. The number of anilines is 2. The van der Waals surface area contributed by atoms with Gasteiger partial charge in [-0.1, -0.05) is 43.3 Å². The highest BCUT2D eigenvalue weighted by Gasteiger charge is 2.38. The third-order valence-corrected chi connectivity index (χ3v) is 6.49. The molecule has 174 valence electrons. The first-order valence-corrected chi connectivity index (χ1v) is 11.8. The molecular weight excluding hydrogens is 428 g/mol. The van der Waals surface area contributed by atoms with Crippen molar-refractivity contribution in [1.29, 1.82) is 0 Å². The molecule has 6 nitrogen and oxygen atoms in total. The number of carbonyl (C=O) groups is 2. The second kappa shape index (κ2) is 9.21. The number of rotatable bonds is 4. The van der Waals surface area contributed by atoms with E-state index in [1.54, 1.807) is 18.2 Å². The lowest BCUT2D eigenvalue weighted by Gasteiger charge is -2.43. The molecule has 3 aromatic rings. The van der Waals surface area contributed by atoms with E-state index >= 15 is 0 Å². The summed E-state index contributed by atoms with van der Waals surface area (Å²) in [5, 5.41) is 0. The molecule has 2 aliphatic rings. The van der Waals surface area contributed by atoms with Crippen molar-refractivity contribution >= 4 is 23.2 Å². The molecule has 2 heterocycles. The van der Waals surface area contributed by atoms with Crippen LogP contribution in [0.3, 0.4) is 0 Å². The summed E-state index contributed by atoms with van der Waals surface area (Å²) in [6, 6.07) is 22.7. The number of fused-ring (bicyclic) bond motifs is 2. The van der Waals surface area contributed by atoms with E-state index in [0.717, 1.165) is 16.9 Å². The number of hydrogen-bond donors (Lipinski definition) is 0. The fourth-order valence-corrected chi connectivity index (χ4v) is 4.91. The van der Waals surface area contributed by atoms with Gasteiger partial charge in [0.05, 0.1) is 6.04 Å². The largest absolute Gasteiger partial charge is 0.486 e. The van der Waals surface area contributed by atoms with Crippen molar-refractivity contribution in [2.24, 2.45) is 0 Å². The molecule has 2 amide bonds. The van der Waals surface area contributed by atoms with Gasteiger partial charge in [0.1, 0.15) is 13.2 Å².